The van der Waals surface area contributed by atoms with E-state index >= 15 is 0 Å². The van der Waals surface area contributed by atoms with E-state index < -0.39 is 108 Å². The lowest BCUT2D eigenvalue weighted by Gasteiger charge is -2.34. The van der Waals surface area contributed by atoms with Crippen LogP contribution in [-0.2, 0) is 82.2 Å². The number of aryl methyl sites for hydroxylation is 1. The third-order valence-corrected chi connectivity index (χ3v) is 11.5. The molecule has 67 heavy (non-hydrogen) atoms. The fourth-order valence-electron chi connectivity index (χ4n) is 7.53. The molecule has 0 fully saturated rings. The number of nitrogens with zero attached hydrogens (tertiary/aromatic N) is 5. The van der Waals surface area contributed by atoms with Crippen molar-refractivity contribution in [3.05, 3.63) is 66.3 Å². The van der Waals surface area contributed by atoms with Gasteiger partial charge in [0.2, 0.25) is 11.8 Å². The van der Waals surface area contributed by atoms with Crippen molar-refractivity contribution in [1.29, 1.82) is 0 Å². The van der Waals surface area contributed by atoms with Gasteiger partial charge in [0.1, 0.15) is 18.2 Å². The number of aromatic nitrogens is 4. The van der Waals surface area contributed by atoms with Crippen LogP contribution in [0.15, 0.2) is 49.1 Å². The maximum atomic E-state index is 13.6. The number of benzene rings is 1. The van der Waals surface area contributed by atoms with Crippen molar-refractivity contribution in [3.8, 4) is 0 Å². The van der Waals surface area contributed by atoms with Crippen molar-refractivity contribution in [1.82, 2.24) is 34.6 Å². The molecule has 1 atom stereocenters. The molecule has 1 unspecified atom stereocenters. The molecule has 0 aliphatic rings. The van der Waals surface area contributed by atoms with Gasteiger partial charge in [-0.25, -0.2) is 14.2 Å². The molecule has 2 amide bonds. The van der Waals surface area contributed by atoms with Gasteiger partial charge in [-0.2, -0.15) is 0 Å². The van der Waals surface area contributed by atoms with Gasteiger partial charge in [-0.05, 0) is 69.1 Å². The molecule has 24 nitrogen and oxygen atoms in total. The lowest BCUT2D eigenvalue weighted by molar-refractivity contribution is -0.141. The van der Waals surface area contributed by atoms with E-state index in [1.807, 2.05) is 9.47 Å². The highest BCUT2D eigenvalue weighted by Crippen LogP contribution is 2.28. The normalized spacial score (nSPS) is 12.0. The Morgan fingerprint density at radius 2 is 0.985 bits per heavy atom. The van der Waals surface area contributed by atoms with Gasteiger partial charge in [-0.3, -0.25) is 52.5 Å². The van der Waals surface area contributed by atoms with Crippen LogP contribution >= 0.6 is 0 Å². The number of aliphatic carboxylic acids is 6. The molecule has 0 aliphatic heterocycles. The molecule has 3 rings (SSSR count). The fourth-order valence-corrected chi connectivity index (χ4v) is 7.87. The molecule has 3 aromatic rings. The molecule has 368 valence electrons. The van der Waals surface area contributed by atoms with E-state index in [0.717, 1.165) is 5.56 Å². The average Bonchev–Trinajstić information content (AvgIpc) is 3.89. The number of carbonyl (C=O) groups is 8. The predicted octanol–water partition coefficient (Wildman–Crippen LogP) is 2.55. The Morgan fingerprint density at radius 1 is 0.582 bits per heavy atom. The van der Waals surface area contributed by atoms with Crippen molar-refractivity contribution in [3.63, 3.8) is 0 Å². The zero-order valence-electron chi connectivity index (χ0n) is 36.7. The Morgan fingerprint density at radius 3 is 1.40 bits per heavy atom. The second kappa shape index (κ2) is 27.0. The minimum atomic E-state index is -2.27. The van der Waals surface area contributed by atoms with E-state index in [1.54, 1.807) is 47.4 Å². The van der Waals surface area contributed by atoms with E-state index in [0.29, 0.717) is 30.3 Å². The molecule has 0 spiro atoms. The summed E-state index contributed by atoms with van der Waals surface area (Å²) in [5, 5.41) is 61.7. The van der Waals surface area contributed by atoms with Gasteiger partial charge in [0.15, 0.2) is 0 Å². The maximum Gasteiger partial charge on any atom is 0.303 e. The highest BCUT2D eigenvalue weighted by Gasteiger charge is 2.35. The van der Waals surface area contributed by atoms with Crippen LogP contribution in [0.3, 0.4) is 0 Å². The minimum absolute atomic E-state index is 0.0747. The van der Waals surface area contributed by atoms with Crippen LogP contribution in [0.4, 0.5) is 5.69 Å². The summed E-state index contributed by atoms with van der Waals surface area (Å²) >= 11 is -2.27. The molecule has 1 aromatic carbocycles. The van der Waals surface area contributed by atoms with Gasteiger partial charge in [-0.1, -0.05) is 12.1 Å². The summed E-state index contributed by atoms with van der Waals surface area (Å²) in [5.41, 5.74) is -1.54. The minimum Gasteiger partial charge on any atom is -0.481 e. The molecular formula is C42H58N8O16S. The smallest absolute Gasteiger partial charge is 0.303 e. The van der Waals surface area contributed by atoms with Gasteiger partial charge >= 0.3 is 35.8 Å². The summed E-state index contributed by atoms with van der Waals surface area (Å²) in [7, 11) is 0. The lowest BCUT2D eigenvalue weighted by Crippen LogP contribution is -2.50. The van der Waals surface area contributed by atoms with Crippen LogP contribution in [-0.4, -0.2) is 129 Å². The Kier molecular flexibility index (Phi) is 22.0. The second-order valence-corrected chi connectivity index (χ2v) is 16.8. The molecule has 0 aliphatic carbocycles. The Balaban J connectivity index is 1.83. The largest absolute Gasteiger partial charge is 0.481 e. The molecule has 0 bridgehead atoms. The van der Waals surface area contributed by atoms with Crippen molar-refractivity contribution in [2.24, 2.45) is 0 Å². The van der Waals surface area contributed by atoms with E-state index in [1.165, 1.54) is 6.20 Å². The van der Waals surface area contributed by atoms with E-state index in [9.17, 15) is 77.8 Å². The third kappa shape index (κ3) is 21.0. The molecule has 2 heterocycles. The SMILES string of the molecule is O=C(O)CCC(CCC(=O)O)(CCC(=O)O)NC(=O)CCCn1ccnc1CN(CCc1ccc(NS(=O)O)cc1)Cc1nccn1CC(=O)NC(CCC(=O)O)(CCC(=O)O)CCC(=O)O. The van der Waals surface area contributed by atoms with Gasteiger partial charge in [-0.15, -0.1) is 0 Å². The van der Waals surface area contributed by atoms with E-state index in [-0.39, 0.29) is 77.5 Å². The van der Waals surface area contributed by atoms with Crippen LogP contribution in [0.25, 0.3) is 0 Å². The van der Waals surface area contributed by atoms with Crippen molar-refractivity contribution in [2.75, 3.05) is 11.3 Å². The van der Waals surface area contributed by atoms with E-state index in [4.69, 9.17) is 0 Å². The van der Waals surface area contributed by atoms with E-state index in [2.05, 4.69) is 25.3 Å². The molecular weight excluding hydrogens is 905 g/mol. The first-order chi connectivity index (χ1) is 31.7. The topological polar surface area (TPSA) is 370 Å². The highest BCUT2D eigenvalue weighted by atomic mass is 32.2. The number of nitrogens with one attached hydrogen (secondary N) is 3. The van der Waals surface area contributed by atoms with Crippen LogP contribution in [0.5, 0.6) is 0 Å². The van der Waals surface area contributed by atoms with Crippen LogP contribution in [0, 0.1) is 0 Å². The van der Waals surface area contributed by atoms with Crippen LogP contribution < -0.4 is 15.4 Å². The average molecular weight is 963 g/mol. The molecule has 25 heteroatoms. The number of carboxylic acids is 6. The Bertz CT molecular complexity index is 2100. The molecule has 0 saturated heterocycles. The number of rotatable bonds is 35. The first-order valence-corrected chi connectivity index (χ1v) is 22.4. The van der Waals surface area contributed by atoms with Crippen molar-refractivity contribution >= 4 is 64.6 Å². The maximum absolute atomic E-state index is 13.6. The van der Waals surface area contributed by atoms with Gasteiger partial charge in [0.05, 0.1) is 13.1 Å². The van der Waals surface area contributed by atoms with Crippen molar-refractivity contribution in [2.45, 2.75) is 134 Å². The summed E-state index contributed by atoms with van der Waals surface area (Å²) in [6.07, 6.45) is 3.17. The van der Waals surface area contributed by atoms with Crippen LogP contribution in [0.2, 0.25) is 0 Å². The number of anilines is 1. The number of amides is 2. The zero-order chi connectivity index (χ0) is 49.6. The van der Waals surface area contributed by atoms with Gasteiger partial charge in [0, 0.05) is 99.6 Å². The molecule has 0 radical (unpaired) electrons. The number of hydrogen-bond donors (Lipinski definition) is 10. The first kappa shape index (κ1) is 54.6. The lowest BCUT2D eigenvalue weighted by atomic mass is 9.83. The predicted molar refractivity (Wildman–Crippen MR) is 235 cm³/mol. The fraction of sp³-hybridized carbons (Fsp3) is 0.524. The third-order valence-electron chi connectivity index (χ3n) is 11.0. The molecule has 10 N–H and O–H groups in total. The summed E-state index contributed by atoms with van der Waals surface area (Å²) in [6, 6.07) is 6.82. The first-order valence-electron chi connectivity index (χ1n) is 21.3. The quantitative estimate of drug-likeness (QED) is 0.0379. The standard InChI is InChI=1S/C42H58N8O16S/c51-33(45-41(14-7-35(53)54,15-8-36(55)56)16-9-37(57)58)2-1-22-49-24-20-43-31(49)26-48(23-13-29-3-5-30(6-4-29)47-67(65)66)27-32-44-21-25-50(32)28-34(52)46-42(17-10-38(59)60,18-11-39(61)62)19-12-40(63)64/h3-6,20-21,24-25,47H,1-2,7-19,22-23,26-28H2,(H,45,51)(H,46,52)(H,53,54)(H,55,56)(H,57,58)(H,59,60)(H,61,62)(H,63,64)(H,65,66). The number of hydrogen-bond acceptors (Lipinski definition) is 12. The number of carbonyl (C=O) groups excluding carboxylic acids is 2. The summed E-state index contributed by atoms with van der Waals surface area (Å²) in [5.74, 6) is -7.37. The van der Waals surface area contributed by atoms with Crippen molar-refractivity contribution < 1.29 is 77.8 Å². The summed E-state index contributed by atoms with van der Waals surface area (Å²) in [4.78, 5) is 107. The highest BCUT2D eigenvalue weighted by molar-refractivity contribution is 7.80. The molecule has 2 aromatic heterocycles. The monoisotopic (exact) mass is 962 g/mol. The summed E-state index contributed by atoms with van der Waals surface area (Å²) < 4.78 is 26.2. The number of imidazole rings is 2. The Hall–Kier alpha value is -6.73. The van der Waals surface area contributed by atoms with Gasteiger partial charge in [0.25, 0.3) is 11.3 Å². The number of carboxylic acid groups (broad SMARTS) is 6. The summed E-state index contributed by atoms with van der Waals surface area (Å²) in [6.45, 7) is 0.700. The Labute approximate surface area is 387 Å². The van der Waals surface area contributed by atoms with Gasteiger partial charge < -0.3 is 50.4 Å². The second-order valence-electron chi connectivity index (χ2n) is 16.1. The van der Waals surface area contributed by atoms with Crippen LogP contribution in [0.1, 0.15) is 107 Å². The zero-order valence-corrected chi connectivity index (χ0v) is 37.5. The molecule has 0 saturated carbocycles.